The molecule has 0 fully saturated rings. The number of amides is 2. The Morgan fingerprint density at radius 2 is 2.09 bits per heavy atom. The summed E-state index contributed by atoms with van der Waals surface area (Å²) < 4.78 is 5.63. The van der Waals surface area contributed by atoms with Crippen molar-refractivity contribution in [2.45, 2.75) is 40.0 Å². The molecule has 0 radical (unpaired) electrons. The van der Waals surface area contributed by atoms with E-state index < -0.39 is 0 Å². The lowest BCUT2D eigenvalue weighted by molar-refractivity contribution is 0.239. The van der Waals surface area contributed by atoms with Crippen molar-refractivity contribution in [2.24, 2.45) is 0 Å². The predicted octanol–water partition coefficient (Wildman–Crippen LogP) is 3.24. The van der Waals surface area contributed by atoms with Crippen LogP contribution in [0, 0.1) is 6.92 Å². The van der Waals surface area contributed by atoms with Crippen molar-refractivity contribution in [3.8, 4) is 5.75 Å². The van der Waals surface area contributed by atoms with Gasteiger partial charge in [-0.1, -0.05) is 12.1 Å². The van der Waals surface area contributed by atoms with Gasteiger partial charge in [-0.25, -0.2) is 9.78 Å². The monoisotopic (exact) mass is 319 g/mol. The van der Waals surface area contributed by atoms with E-state index in [1.165, 1.54) is 0 Å². The predicted molar refractivity (Wildman–Crippen MR) is 88.1 cm³/mol. The highest BCUT2D eigenvalue weighted by atomic mass is 32.1. The van der Waals surface area contributed by atoms with Gasteiger partial charge in [-0.2, -0.15) is 0 Å². The Morgan fingerprint density at radius 3 is 2.77 bits per heavy atom. The molecular weight excluding hydrogens is 298 g/mol. The van der Waals surface area contributed by atoms with Crippen molar-refractivity contribution < 1.29 is 9.53 Å². The van der Waals surface area contributed by atoms with Crippen molar-refractivity contribution in [1.29, 1.82) is 0 Å². The Hall–Kier alpha value is -2.08. The number of hydrogen-bond acceptors (Lipinski definition) is 4. The first-order valence-electron chi connectivity index (χ1n) is 7.21. The van der Waals surface area contributed by atoms with Gasteiger partial charge in [0, 0.05) is 17.6 Å². The minimum atomic E-state index is -0.206. The fourth-order valence-corrected chi connectivity index (χ4v) is 2.61. The lowest BCUT2D eigenvalue weighted by atomic mass is 10.2. The summed E-state index contributed by atoms with van der Waals surface area (Å²) in [6.07, 6.45) is 1.94. The van der Waals surface area contributed by atoms with E-state index in [1.807, 2.05) is 45.0 Å². The third-order valence-corrected chi connectivity index (χ3v) is 3.71. The quantitative estimate of drug-likeness (QED) is 0.859. The number of thiazole rings is 1. The minimum Gasteiger partial charge on any atom is -0.491 e. The van der Waals surface area contributed by atoms with Gasteiger partial charge in [0.05, 0.1) is 12.6 Å². The molecule has 1 heterocycles. The summed E-state index contributed by atoms with van der Waals surface area (Å²) in [6, 6.07) is 7.52. The molecule has 1 aromatic carbocycles. The van der Waals surface area contributed by atoms with Gasteiger partial charge in [0.15, 0.2) is 0 Å². The molecule has 0 aliphatic heterocycles. The molecule has 0 saturated heterocycles. The molecule has 2 amide bonds. The third-order valence-electron chi connectivity index (χ3n) is 2.79. The maximum Gasteiger partial charge on any atom is 0.315 e. The Kier molecular flexibility index (Phi) is 5.77. The molecule has 5 nitrogen and oxygen atoms in total. The standard InChI is InChI=1S/C16H21N3O2S/c1-11(2)21-14-6-4-5-13(7-14)9-18-16(20)19-10-15-17-8-12(3)22-15/h4-8,11H,9-10H2,1-3H3,(H2,18,19,20). The van der Waals surface area contributed by atoms with E-state index in [9.17, 15) is 4.79 Å². The van der Waals surface area contributed by atoms with Crippen molar-refractivity contribution in [3.63, 3.8) is 0 Å². The number of benzene rings is 1. The number of urea groups is 1. The average Bonchev–Trinajstić information content (AvgIpc) is 2.88. The third kappa shape index (κ3) is 5.37. The summed E-state index contributed by atoms with van der Waals surface area (Å²) in [5.74, 6) is 0.813. The number of ether oxygens (including phenoxy) is 1. The van der Waals surface area contributed by atoms with Gasteiger partial charge in [0.1, 0.15) is 10.8 Å². The lowest BCUT2D eigenvalue weighted by Crippen LogP contribution is -2.34. The topological polar surface area (TPSA) is 63.2 Å². The number of carbonyl (C=O) groups is 1. The molecule has 0 atom stereocenters. The molecule has 0 bridgehead atoms. The Labute approximate surface area is 134 Å². The largest absolute Gasteiger partial charge is 0.491 e. The van der Waals surface area contributed by atoms with E-state index in [1.54, 1.807) is 17.5 Å². The summed E-state index contributed by atoms with van der Waals surface area (Å²) >= 11 is 1.58. The number of aromatic nitrogens is 1. The van der Waals surface area contributed by atoms with Gasteiger partial charge in [-0.15, -0.1) is 11.3 Å². The molecule has 118 valence electrons. The summed E-state index contributed by atoms with van der Waals surface area (Å²) in [6.45, 7) is 6.86. The highest BCUT2D eigenvalue weighted by molar-refractivity contribution is 7.11. The number of rotatable bonds is 6. The molecule has 2 aromatic rings. The van der Waals surface area contributed by atoms with Crippen LogP contribution in [0.4, 0.5) is 4.79 Å². The number of aryl methyl sites for hydroxylation is 1. The fraction of sp³-hybridized carbons (Fsp3) is 0.375. The summed E-state index contributed by atoms with van der Waals surface area (Å²) in [5, 5.41) is 6.53. The van der Waals surface area contributed by atoms with Gasteiger partial charge in [-0.3, -0.25) is 0 Å². The Bertz CT molecular complexity index is 625. The zero-order valence-electron chi connectivity index (χ0n) is 13.1. The second-order valence-corrected chi connectivity index (χ2v) is 6.53. The molecule has 0 spiro atoms. The highest BCUT2D eigenvalue weighted by Crippen LogP contribution is 2.14. The van der Waals surface area contributed by atoms with Gasteiger partial charge in [0.2, 0.25) is 0 Å². The van der Waals surface area contributed by atoms with Crippen molar-refractivity contribution >= 4 is 17.4 Å². The van der Waals surface area contributed by atoms with Crippen molar-refractivity contribution in [3.05, 3.63) is 45.9 Å². The zero-order valence-corrected chi connectivity index (χ0v) is 13.9. The molecule has 0 unspecified atom stereocenters. The van der Waals surface area contributed by atoms with E-state index in [-0.39, 0.29) is 12.1 Å². The molecule has 22 heavy (non-hydrogen) atoms. The Balaban J connectivity index is 1.78. The van der Waals surface area contributed by atoms with Crippen LogP contribution in [0.3, 0.4) is 0 Å². The van der Waals surface area contributed by atoms with Crippen molar-refractivity contribution in [2.75, 3.05) is 0 Å². The van der Waals surface area contributed by atoms with E-state index >= 15 is 0 Å². The van der Waals surface area contributed by atoms with Crippen LogP contribution in [0.25, 0.3) is 0 Å². The summed E-state index contributed by atoms with van der Waals surface area (Å²) in [7, 11) is 0. The van der Waals surface area contributed by atoms with Crippen LogP contribution < -0.4 is 15.4 Å². The maximum absolute atomic E-state index is 11.8. The Morgan fingerprint density at radius 1 is 1.32 bits per heavy atom. The molecule has 2 rings (SSSR count). The van der Waals surface area contributed by atoms with Crippen LogP contribution in [0.5, 0.6) is 5.75 Å². The smallest absolute Gasteiger partial charge is 0.315 e. The van der Waals surface area contributed by atoms with Crippen LogP contribution in [0.1, 0.15) is 29.3 Å². The average molecular weight is 319 g/mol. The van der Waals surface area contributed by atoms with Gasteiger partial charge >= 0.3 is 6.03 Å². The molecule has 2 N–H and O–H groups in total. The zero-order chi connectivity index (χ0) is 15.9. The SMILES string of the molecule is Cc1cnc(CNC(=O)NCc2cccc(OC(C)C)c2)s1. The van der Waals surface area contributed by atoms with Crippen LogP contribution in [-0.4, -0.2) is 17.1 Å². The van der Waals surface area contributed by atoms with Crippen molar-refractivity contribution in [1.82, 2.24) is 15.6 Å². The molecule has 0 aliphatic rings. The maximum atomic E-state index is 11.8. The second-order valence-electron chi connectivity index (χ2n) is 5.21. The number of nitrogens with one attached hydrogen (secondary N) is 2. The first kappa shape index (κ1) is 16.3. The van der Waals surface area contributed by atoms with E-state index in [0.29, 0.717) is 13.1 Å². The van der Waals surface area contributed by atoms with Crippen LogP contribution >= 0.6 is 11.3 Å². The van der Waals surface area contributed by atoms with Crippen LogP contribution in [0.2, 0.25) is 0 Å². The van der Waals surface area contributed by atoms with Crippen LogP contribution in [0.15, 0.2) is 30.5 Å². The highest BCUT2D eigenvalue weighted by Gasteiger charge is 2.04. The van der Waals surface area contributed by atoms with E-state index in [0.717, 1.165) is 21.2 Å². The molecule has 6 heteroatoms. The number of hydrogen-bond donors (Lipinski definition) is 2. The minimum absolute atomic E-state index is 0.133. The van der Waals surface area contributed by atoms with Gasteiger partial charge in [0.25, 0.3) is 0 Å². The summed E-state index contributed by atoms with van der Waals surface area (Å²) in [4.78, 5) is 17.1. The van der Waals surface area contributed by atoms with E-state index in [4.69, 9.17) is 4.74 Å². The molecular formula is C16H21N3O2S. The first-order valence-corrected chi connectivity index (χ1v) is 8.03. The normalized spacial score (nSPS) is 10.5. The van der Waals surface area contributed by atoms with E-state index in [2.05, 4.69) is 15.6 Å². The fourth-order valence-electron chi connectivity index (χ4n) is 1.88. The first-order chi connectivity index (χ1) is 10.5. The number of carbonyl (C=O) groups excluding carboxylic acids is 1. The lowest BCUT2D eigenvalue weighted by Gasteiger charge is -2.11. The molecule has 0 saturated carbocycles. The van der Waals surface area contributed by atoms with Gasteiger partial charge in [-0.05, 0) is 38.5 Å². The molecule has 1 aromatic heterocycles. The summed E-state index contributed by atoms with van der Waals surface area (Å²) in [5.41, 5.74) is 0.999. The van der Waals surface area contributed by atoms with Gasteiger partial charge < -0.3 is 15.4 Å². The van der Waals surface area contributed by atoms with Crippen LogP contribution in [-0.2, 0) is 13.1 Å². The number of nitrogens with zero attached hydrogens (tertiary/aromatic N) is 1. The second kappa shape index (κ2) is 7.79. The molecule has 0 aliphatic carbocycles.